The quantitative estimate of drug-likeness (QED) is 0.661. The van der Waals surface area contributed by atoms with E-state index >= 15 is 0 Å². The molecule has 0 saturated carbocycles. The van der Waals surface area contributed by atoms with E-state index in [-0.39, 0.29) is 23.3 Å². The molecule has 2 saturated heterocycles. The fraction of sp³-hybridized carbons (Fsp3) is 0.440. The third-order valence-electron chi connectivity index (χ3n) is 6.18. The van der Waals surface area contributed by atoms with E-state index in [0.29, 0.717) is 26.1 Å². The predicted octanol–water partition coefficient (Wildman–Crippen LogP) is 3.73. The fourth-order valence-electron chi connectivity index (χ4n) is 4.43. The van der Waals surface area contributed by atoms with Gasteiger partial charge in [-0.2, -0.15) is 0 Å². The molecule has 1 spiro atoms. The third kappa shape index (κ3) is 5.49. The zero-order valence-electron chi connectivity index (χ0n) is 17.9. The van der Waals surface area contributed by atoms with Gasteiger partial charge in [0.2, 0.25) is 11.8 Å². The van der Waals surface area contributed by atoms with Crippen molar-refractivity contribution in [3.05, 3.63) is 71.8 Å². The molecule has 0 unspecified atom stereocenters. The lowest BCUT2D eigenvalue weighted by atomic mass is 10.0. The fourth-order valence-corrected chi connectivity index (χ4v) is 5.91. The van der Waals surface area contributed by atoms with Crippen molar-refractivity contribution in [1.82, 2.24) is 9.80 Å². The molecule has 31 heavy (non-hydrogen) atoms. The topological polar surface area (TPSA) is 49.9 Å². The molecule has 0 N–H and O–H groups in total. The number of benzene rings is 2. The number of nitrogens with zero attached hydrogens (tertiary/aromatic N) is 2. The second-order valence-corrected chi connectivity index (χ2v) is 9.64. The molecule has 0 atom stereocenters. The summed E-state index contributed by atoms with van der Waals surface area (Å²) in [6.45, 7) is 2.73. The monoisotopic (exact) mass is 438 g/mol. The molecule has 4 rings (SSSR count). The number of hydrogen-bond donors (Lipinski definition) is 0. The van der Waals surface area contributed by atoms with Crippen LogP contribution in [0.25, 0.3) is 0 Å². The van der Waals surface area contributed by atoms with Gasteiger partial charge in [-0.15, -0.1) is 11.8 Å². The van der Waals surface area contributed by atoms with E-state index in [9.17, 15) is 9.59 Å². The van der Waals surface area contributed by atoms with Crippen LogP contribution in [-0.4, -0.2) is 58.5 Å². The molecule has 0 aliphatic carbocycles. The largest absolute Gasteiger partial charge is 0.367 e. The Bertz CT molecular complexity index is 867. The number of likely N-dealkylation sites (tertiary alicyclic amines) is 1. The van der Waals surface area contributed by atoms with Crippen LogP contribution < -0.4 is 0 Å². The summed E-state index contributed by atoms with van der Waals surface area (Å²) >= 11 is 1.89. The third-order valence-corrected chi connectivity index (χ3v) is 7.74. The minimum absolute atomic E-state index is 0.0377. The summed E-state index contributed by atoms with van der Waals surface area (Å²) in [6, 6.07) is 20.1. The number of amides is 2. The zero-order valence-corrected chi connectivity index (χ0v) is 18.7. The maximum atomic E-state index is 13.0. The van der Waals surface area contributed by atoms with Crippen LogP contribution in [0.4, 0.5) is 0 Å². The van der Waals surface area contributed by atoms with Gasteiger partial charge in [-0.3, -0.25) is 9.59 Å². The molecule has 2 aliphatic rings. The molecule has 164 valence electrons. The van der Waals surface area contributed by atoms with Gasteiger partial charge in [0.1, 0.15) is 6.61 Å². The van der Waals surface area contributed by atoms with E-state index in [1.807, 2.05) is 65.2 Å². The number of carbonyl (C=O) groups is 2. The Balaban J connectivity index is 1.25. The number of ether oxygens (including phenoxy) is 1. The highest BCUT2D eigenvalue weighted by atomic mass is 32.2. The van der Waals surface area contributed by atoms with E-state index in [0.717, 1.165) is 37.1 Å². The highest BCUT2D eigenvalue weighted by Gasteiger charge is 2.46. The van der Waals surface area contributed by atoms with Crippen LogP contribution in [0.2, 0.25) is 0 Å². The highest BCUT2D eigenvalue weighted by molar-refractivity contribution is 8.00. The normalized spacial score (nSPS) is 17.8. The molecular formula is C25H30N2O3S. The summed E-state index contributed by atoms with van der Waals surface area (Å²) < 4.78 is 5.62. The van der Waals surface area contributed by atoms with Crippen LogP contribution >= 0.6 is 11.8 Å². The predicted molar refractivity (Wildman–Crippen MR) is 124 cm³/mol. The lowest BCUT2D eigenvalue weighted by Gasteiger charge is -2.44. The van der Waals surface area contributed by atoms with E-state index in [2.05, 4.69) is 17.0 Å². The first kappa shape index (κ1) is 21.9. The molecule has 2 heterocycles. The Hall–Kier alpha value is -2.31. The lowest BCUT2D eigenvalue weighted by molar-refractivity contribution is -0.140. The summed E-state index contributed by atoms with van der Waals surface area (Å²) in [6.07, 6.45) is 2.99. The van der Waals surface area contributed by atoms with Crippen molar-refractivity contribution in [3.63, 3.8) is 0 Å². The van der Waals surface area contributed by atoms with Gasteiger partial charge in [0, 0.05) is 31.8 Å². The van der Waals surface area contributed by atoms with Crippen molar-refractivity contribution in [3.8, 4) is 0 Å². The average Bonchev–Trinajstić information content (AvgIpc) is 3.22. The number of carbonyl (C=O) groups excluding carboxylic acids is 2. The average molecular weight is 439 g/mol. The Morgan fingerprint density at radius 2 is 1.52 bits per heavy atom. The van der Waals surface area contributed by atoms with Gasteiger partial charge in [-0.25, -0.2) is 0 Å². The Morgan fingerprint density at radius 3 is 2.19 bits per heavy atom. The number of hydrogen-bond acceptors (Lipinski definition) is 4. The van der Waals surface area contributed by atoms with Crippen molar-refractivity contribution in [2.75, 3.05) is 32.0 Å². The lowest BCUT2D eigenvalue weighted by Crippen LogP contribution is -2.54. The number of rotatable bonds is 7. The van der Waals surface area contributed by atoms with Crippen LogP contribution in [0.3, 0.4) is 0 Å². The van der Waals surface area contributed by atoms with Crippen LogP contribution in [0, 0.1) is 0 Å². The number of piperidine rings is 1. The molecule has 5 nitrogen and oxygen atoms in total. The highest BCUT2D eigenvalue weighted by Crippen LogP contribution is 2.44. The van der Waals surface area contributed by atoms with Gasteiger partial charge >= 0.3 is 0 Å². The summed E-state index contributed by atoms with van der Waals surface area (Å²) in [5.74, 6) is 1.25. The zero-order chi connectivity index (χ0) is 21.5. The van der Waals surface area contributed by atoms with Crippen molar-refractivity contribution in [2.24, 2.45) is 0 Å². The molecule has 0 aromatic heterocycles. The summed E-state index contributed by atoms with van der Waals surface area (Å²) in [5, 5.41) is 0. The van der Waals surface area contributed by atoms with Crippen molar-refractivity contribution < 1.29 is 14.3 Å². The summed E-state index contributed by atoms with van der Waals surface area (Å²) in [5.41, 5.74) is 2.27. The molecular weight excluding hydrogens is 408 g/mol. The van der Waals surface area contributed by atoms with Crippen LogP contribution in [0.1, 0.15) is 30.4 Å². The molecule has 2 aromatic rings. The summed E-state index contributed by atoms with van der Waals surface area (Å²) in [4.78, 5) is 29.4. The second-order valence-electron chi connectivity index (χ2n) is 8.18. The van der Waals surface area contributed by atoms with Crippen molar-refractivity contribution >= 4 is 23.6 Å². The van der Waals surface area contributed by atoms with Crippen molar-refractivity contribution in [1.29, 1.82) is 0 Å². The van der Waals surface area contributed by atoms with Gasteiger partial charge in [-0.1, -0.05) is 60.7 Å². The van der Waals surface area contributed by atoms with Crippen LogP contribution in [0.15, 0.2) is 60.7 Å². The molecule has 2 amide bonds. The Kier molecular flexibility index (Phi) is 7.30. The van der Waals surface area contributed by atoms with Crippen LogP contribution in [-0.2, 0) is 27.4 Å². The van der Waals surface area contributed by atoms with Crippen LogP contribution in [0.5, 0.6) is 0 Å². The molecule has 0 radical (unpaired) electrons. The molecule has 2 aliphatic heterocycles. The second kappa shape index (κ2) is 10.3. The molecule has 2 fully saturated rings. The SMILES string of the molecule is O=C(COCc1ccccc1)N1CCC2(CC1)SCCN2C(=O)CCc1ccccc1. The standard InChI is InChI=1S/C25H30N2O3S/c28-23(12-11-21-7-3-1-4-8-21)27-17-18-31-25(27)13-15-26(16-14-25)24(29)20-30-19-22-9-5-2-6-10-22/h1-10H,11-20H2. The van der Waals surface area contributed by atoms with Gasteiger partial charge in [0.25, 0.3) is 0 Å². The number of aryl methyl sites for hydroxylation is 1. The van der Waals surface area contributed by atoms with Gasteiger partial charge in [0.05, 0.1) is 11.5 Å². The van der Waals surface area contributed by atoms with Crippen molar-refractivity contribution in [2.45, 2.75) is 37.2 Å². The Labute approximate surface area is 188 Å². The molecule has 6 heteroatoms. The minimum Gasteiger partial charge on any atom is -0.367 e. The Morgan fingerprint density at radius 1 is 0.871 bits per heavy atom. The van der Waals surface area contributed by atoms with E-state index in [1.165, 1.54) is 5.56 Å². The van der Waals surface area contributed by atoms with Gasteiger partial charge < -0.3 is 14.5 Å². The smallest absolute Gasteiger partial charge is 0.248 e. The van der Waals surface area contributed by atoms with E-state index < -0.39 is 0 Å². The first-order valence-electron chi connectivity index (χ1n) is 11.0. The van der Waals surface area contributed by atoms with Gasteiger partial charge in [0.15, 0.2) is 0 Å². The molecule has 0 bridgehead atoms. The maximum absolute atomic E-state index is 13.0. The molecule has 2 aromatic carbocycles. The van der Waals surface area contributed by atoms with E-state index in [4.69, 9.17) is 4.74 Å². The minimum atomic E-state index is -0.143. The maximum Gasteiger partial charge on any atom is 0.248 e. The van der Waals surface area contributed by atoms with E-state index in [1.54, 1.807) is 0 Å². The first-order valence-corrected chi connectivity index (χ1v) is 12.0. The first-order chi connectivity index (χ1) is 15.2. The number of thioether (sulfide) groups is 1. The summed E-state index contributed by atoms with van der Waals surface area (Å²) in [7, 11) is 0. The van der Waals surface area contributed by atoms with Gasteiger partial charge in [-0.05, 0) is 30.4 Å².